The van der Waals surface area contributed by atoms with Gasteiger partial charge in [-0.15, -0.1) is 0 Å². The second-order valence-electron chi connectivity index (χ2n) is 6.63. The van der Waals surface area contributed by atoms with E-state index in [9.17, 15) is 21.6 Å². The first-order valence-corrected chi connectivity index (χ1v) is 10.8. The van der Waals surface area contributed by atoms with Crippen molar-refractivity contribution in [1.82, 2.24) is 14.3 Å². The topological polar surface area (TPSA) is 102 Å². The normalized spacial score (nSPS) is 12.7. The number of allylic oxidation sites excluding steroid dienone is 1. The second-order valence-corrected chi connectivity index (χ2v) is 8.45. The first-order valence-electron chi connectivity index (χ1n) is 9.33. The number of benzene rings is 1. The van der Waals surface area contributed by atoms with E-state index in [2.05, 4.69) is 15.3 Å². The summed E-state index contributed by atoms with van der Waals surface area (Å²) in [4.78, 5) is 6.65. The van der Waals surface area contributed by atoms with Gasteiger partial charge in [-0.3, -0.25) is 4.98 Å². The third kappa shape index (κ3) is 4.89. The fourth-order valence-corrected chi connectivity index (χ4v) is 4.42. The van der Waals surface area contributed by atoms with E-state index in [0.717, 1.165) is 22.6 Å². The van der Waals surface area contributed by atoms with Crippen molar-refractivity contribution in [2.24, 2.45) is 10.7 Å². The van der Waals surface area contributed by atoms with Crippen molar-refractivity contribution < 1.29 is 21.6 Å². The Kier molecular flexibility index (Phi) is 7.11. The molecule has 3 aromatic rings. The highest BCUT2D eigenvalue weighted by atomic mass is 32.2. The number of hydrogen-bond acceptors (Lipinski definition) is 6. The van der Waals surface area contributed by atoms with Gasteiger partial charge in [-0.1, -0.05) is 12.1 Å². The van der Waals surface area contributed by atoms with Crippen LogP contribution in [-0.4, -0.2) is 37.2 Å². The number of nitrogens with two attached hydrogens (primary N) is 1. The van der Waals surface area contributed by atoms with Gasteiger partial charge in [-0.05, 0) is 36.9 Å². The molecule has 7 nitrogen and oxygen atoms in total. The van der Waals surface area contributed by atoms with Gasteiger partial charge >= 0.3 is 6.55 Å². The molecule has 3 rings (SSSR count). The van der Waals surface area contributed by atoms with Crippen LogP contribution in [0.3, 0.4) is 0 Å². The van der Waals surface area contributed by atoms with Crippen LogP contribution in [0, 0.1) is 5.82 Å². The van der Waals surface area contributed by atoms with Crippen molar-refractivity contribution >= 4 is 21.8 Å². The van der Waals surface area contributed by atoms with Crippen molar-refractivity contribution in [3.05, 3.63) is 78.1 Å². The summed E-state index contributed by atoms with van der Waals surface area (Å²) in [6.45, 7) is -2.59. The molecule has 2 heterocycles. The van der Waals surface area contributed by atoms with Gasteiger partial charge in [0.25, 0.3) is 10.0 Å². The second kappa shape index (κ2) is 9.79. The minimum atomic E-state index is -4.23. The largest absolute Gasteiger partial charge is 0.404 e. The van der Waals surface area contributed by atoms with Crippen LogP contribution < -0.4 is 11.1 Å². The fourth-order valence-electron chi connectivity index (χ4n) is 3.04. The van der Waals surface area contributed by atoms with Crippen LogP contribution in [-0.2, 0) is 16.6 Å². The lowest BCUT2D eigenvalue weighted by molar-refractivity contribution is 0.161. The maximum Gasteiger partial charge on any atom is 0.331 e. The van der Waals surface area contributed by atoms with Gasteiger partial charge in [0.15, 0.2) is 0 Å². The number of halogens is 3. The van der Waals surface area contributed by atoms with Crippen LogP contribution in [0.5, 0.6) is 0 Å². The van der Waals surface area contributed by atoms with Crippen LogP contribution in [0.2, 0.25) is 0 Å². The van der Waals surface area contributed by atoms with Crippen molar-refractivity contribution in [3.63, 3.8) is 0 Å². The summed E-state index contributed by atoms with van der Waals surface area (Å²) in [5.41, 5.74) is 6.58. The summed E-state index contributed by atoms with van der Waals surface area (Å²) in [6.07, 6.45) is 5.63. The average Bonchev–Trinajstić information content (AvgIpc) is 3.19. The number of hydrogen-bond donors (Lipinski definition) is 2. The molecular weight excluding hydrogens is 443 g/mol. The Morgan fingerprint density at radius 1 is 1.28 bits per heavy atom. The van der Waals surface area contributed by atoms with Gasteiger partial charge in [0.1, 0.15) is 10.7 Å². The van der Waals surface area contributed by atoms with E-state index >= 15 is 0 Å². The lowest BCUT2D eigenvalue weighted by atomic mass is 10.1. The molecule has 1 aromatic carbocycles. The Balaban J connectivity index is 2.14. The van der Waals surface area contributed by atoms with E-state index in [1.54, 1.807) is 19.2 Å². The molecule has 0 aliphatic carbocycles. The first-order chi connectivity index (χ1) is 15.3. The van der Waals surface area contributed by atoms with E-state index in [0.29, 0.717) is 12.1 Å². The van der Waals surface area contributed by atoms with Gasteiger partial charge in [-0.25, -0.2) is 21.8 Å². The zero-order chi connectivity index (χ0) is 23.3. The number of nitrogens with one attached hydrogen (secondary N) is 1. The highest BCUT2D eigenvalue weighted by molar-refractivity contribution is 7.90. The Morgan fingerprint density at radius 2 is 2.03 bits per heavy atom. The quantitative estimate of drug-likeness (QED) is 0.394. The number of aliphatic imine (C=N–C) groups is 1. The molecule has 168 valence electrons. The highest BCUT2D eigenvalue weighted by Gasteiger charge is 2.24. The summed E-state index contributed by atoms with van der Waals surface area (Å²) in [6, 6.07) is 8.63. The highest BCUT2D eigenvalue weighted by Crippen LogP contribution is 2.29. The molecule has 0 amide bonds. The predicted octanol–water partition coefficient (Wildman–Crippen LogP) is 3.24. The molecule has 32 heavy (non-hydrogen) atoms. The summed E-state index contributed by atoms with van der Waals surface area (Å²) >= 11 is 0. The van der Waals surface area contributed by atoms with Crippen molar-refractivity contribution in [1.29, 1.82) is 0 Å². The maximum absolute atomic E-state index is 14.5. The standard InChI is InChI=1S/C21H20F3N5O2S/c1-26-9-14-6-20(18-4-2-3-5-19(18)22)29(13-14)32(30,31)17-7-15(10-27-12-17)16(8-25)11-28-21(23)24/h2-8,10-13,21,26H,9,25H2,1H3. The lowest BCUT2D eigenvalue weighted by Crippen LogP contribution is -2.14. The Hall–Kier alpha value is -3.44. The minimum Gasteiger partial charge on any atom is -0.404 e. The zero-order valence-corrected chi connectivity index (χ0v) is 17.7. The Morgan fingerprint density at radius 3 is 2.69 bits per heavy atom. The van der Waals surface area contributed by atoms with E-state index in [-0.39, 0.29) is 27.3 Å². The van der Waals surface area contributed by atoms with Crippen molar-refractivity contribution in [2.75, 3.05) is 7.05 Å². The summed E-state index contributed by atoms with van der Waals surface area (Å²) < 4.78 is 67.2. The number of aromatic nitrogens is 2. The van der Waals surface area contributed by atoms with Gasteiger partial charge < -0.3 is 11.1 Å². The van der Waals surface area contributed by atoms with Gasteiger partial charge in [0, 0.05) is 54.2 Å². The molecule has 0 saturated carbocycles. The first kappa shape index (κ1) is 23.2. The molecule has 0 aliphatic rings. The smallest absolute Gasteiger partial charge is 0.331 e. The van der Waals surface area contributed by atoms with Crippen LogP contribution in [0.4, 0.5) is 13.2 Å². The molecule has 2 aromatic heterocycles. The summed E-state index contributed by atoms with van der Waals surface area (Å²) in [5, 5.41) is 2.93. The Bertz CT molecular complexity index is 1270. The van der Waals surface area contributed by atoms with Crippen molar-refractivity contribution in [2.45, 2.75) is 18.0 Å². The molecule has 0 saturated heterocycles. The number of rotatable bonds is 8. The lowest BCUT2D eigenvalue weighted by Gasteiger charge is -2.12. The monoisotopic (exact) mass is 463 g/mol. The van der Waals surface area contributed by atoms with Gasteiger partial charge in [-0.2, -0.15) is 8.78 Å². The molecule has 0 bridgehead atoms. The van der Waals surface area contributed by atoms with Crippen LogP contribution in [0.1, 0.15) is 11.1 Å². The molecule has 0 aliphatic heterocycles. The maximum atomic E-state index is 14.5. The predicted molar refractivity (Wildman–Crippen MR) is 116 cm³/mol. The molecular formula is C21H20F3N5O2S. The zero-order valence-electron chi connectivity index (χ0n) is 16.9. The Labute approximate surface area is 183 Å². The summed E-state index contributed by atoms with van der Waals surface area (Å²) in [7, 11) is -2.53. The van der Waals surface area contributed by atoms with Crippen LogP contribution in [0.15, 0.2) is 71.1 Å². The van der Waals surface area contributed by atoms with E-state index in [4.69, 9.17) is 5.73 Å². The molecule has 0 unspecified atom stereocenters. The SMILES string of the molecule is CNCc1cc(-c2ccccc2F)n(S(=O)(=O)c2cncc(C(C=NC(F)F)=CN)c2)c1. The van der Waals surface area contributed by atoms with E-state index in [1.165, 1.54) is 36.7 Å². The number of nitrogens with zero attached hydrogens (tertiary/aromatic N) is 3. The molecule has 0 fully saturated rings. The van der Waals surface area contributed by atoms with Crippen LogP contribution >= 0.6 is 0 Å². The number of alkyl halides is 2. The van der Waals surface area contributed by atoms with E-state index in [1.807, 2.05) is 0 Å². The van der Waals surface area contributed by atoms with E-state index < -0.39 is 22.4 Å². The third-order valence-electron chi connectivity index (χ3n) is 4.48. The van der Waals surface area contributed by atoms with Gasteiger partial charge in [0.05, 0.1) is 5.69 Å². The molecule has 3 N–H and O–H groups in total. The number of pyridine rings is 1. The minimum absolute atomic E-state index is 0.0626. The van der Waals surface area contributed by atoms with Crippen molar-refractivity contribution in [3.8, 4) is 11.3 Å². The average molecular weight is 463 g/mol. The molecule has 0 radical (unpaired) electrons. The van der Waals surface area contributed by atoms with Crippen LogP contribution in [0.25, 0.3) is 16.8 Å². The summed E-state index contributed by atoms with van der Waals surface area (Å²) in [5.74, 6) is -0.582. The molecule has 11 heteroatoms. The fraction of sp³-hybridized carbons (Fsp3) is 0.143. The third-order valence-corrected chi connectivity index (χ3v) is 6.12. The molecule has 0 spiro atoms. The molecule has 0 atom stereocenters. The van der Waals surface area contributed by atoms with Gasteiger partial charge in [0.2, 0.25) is 0 Å².